The number of nitrogens with zero attached hydrogens (tertiary/aromatic N) is 2. The first-order chi connectivity index (χ1) is 7.40. The second kappa shape index (κ2) is 5.51. The van der Waals surface area contributed by atoms with Crippen molar-refractivity contribution in [3.05, 3.63) is 11.7 Å². The monoisotopic (exact) mass is 227 g/mol. The molecule has 2 heterocycles. The summed E-state index contributed by atoms with van der Waals surface area (Å²) in [5.74, 6) is 2.84. The number of nitrogens with two attached hydrogens (primary N) is 1. The lowest BCUT2D eigenvalue weighted by Gasteiger charge is -2.17. The summed E-state index contributed by atoms with van der Waals surface area (Å²) in [5.41, 5.74) is 5.43. The standard InChI is InChI=1S/C10H17N3OS/c11-6-3-5-9-12-10(13-14-9)8-4-1-2-7-15-8/h8H,1-7,11H2. The second-order valence-electron chi connectivity index (χ2n) is 3.79. The highest BCUT2D eigenvalue weighted by Gasteiger charge is 2.21. The summed E-state index contributed by atoms with van der Waals surface area (Å²) in [4.78, 5) is 4.42. The SMILES string of the molecule is NCCCc1nc(C2CCCCS2)no1. The van der Waals surface area contributed by atoms with Crippen molar-refractivity contribution < 1.29 is 4.52 Å². The zero-order chi connectivity index (χ0) is 10.5. The third-order valence-corrected chi connectivity index (χ3v) is 3.92. The van der Waals surface area contributed by atoms with Crippen LogP contribution in [-0.2, 0) is 6.42 Å². The molecular formula is C10H17N3OS. The Balaban J connectivity index is 1.93. The molecule has 0 spiro atoms. The molecule has 1 aliphatic heterocycles. The van der Waals surface area contributed by atoms with Gasteiger partial charge >= 0.3 is 0 Å². The number of aromatic nitrogens is 2. The molecule has 0 aromatic carbocycles. The summed E-state index contributed by atoms with van der Waals surface area (Å²) in [5, 5.41) is 4.50. The largest absolute Gasteiger partial charge is 0.339 e. The summed E-state index contributed by atoms with van der Waals surface area (Å²) in [6.45, 7) is 0.676. The maximum absolute atomic E-state index is 5.43. The van der Waals surface area contributed by atoms with Gasteiger partial charge in [0.05, 0.1) is 5.25 Å². The van der Waals surface area contributed by atoms with Crippen LogP contribution in [0.2, 0.25) is 0 Å². The van der Waals surface area contributed by atoms with E-state index < -0.39 is 0 Å². The summed E-state index contributed by atoms with van der Waals surface area (Å²) >= 11 is 1.94. The van der Waals surface area contributed by atoms with E-state index in [1.54, 1.807) is 0 Å². The lowest BCUT2D eigenvalue weighted by atomic mass is 10.2. The van der Waals surface area contributed by atoms with Crippen LogP contribution in [0.15, 0.2) is 4.52 Å². The van der Waals surface area contributed by atoms with Crippen LogP contribution in [0.25, 0.3) is 0 Å². The van der Waals surface area contributed by atoms with Crippen molar-refractivity contribution in [2.75, 3.05) is 12.3 Å². The lowest BCUT2D eigenvalue weighted by Crippen LogP contribution is -2.04. The van der Waals surface area contributed by atoms with Gasteiger partial charge in [-0.25, -0.2) is 0 Å². The Kier molecular flexibility index (Phi) is 4.02. The van der Waals surface area contributed by atoms with Gasteiger partial charge in [-0.1, -0.05) is 11.6 Å². The van der Waals surface area contributed by atoms with Gasteiger partial charge in [0, 0.05) is 6.42 Å². The number of thioether (sulfide) groups is 1. The van der Waals surface area contributed by atoms with Crippen molar-refractivity contribution in [1.82, 2.24) is 10.1 Å². The van der Waals surface area contributed by atoms with Crippen LogP contribution in [0.1, 0.15) is 42.6 Å². The third kappa shape index (κ3) is 2.95. The normalized spacial score (nSPS) is 21.8. The molecule has 84 valence electrons. The fourth-order valence-corrected chi connectivity index (χ4v) is 2.93. The van der Waals surface area contributed by atoms with Gasteiger partial charge in [0.25, 0.3) is 0 Å². The van der Waals surface area contributed by atoms with Crippen molar-refractivity contribution in [2.45, 2.75) is 37.4 Å². The third-order valence-electron chi connectivity index (χ3n) is 2.55. The molecule has 1 saturated heterocycles. The minimum Gasteiger partial charge on any atom is -0.339 e. The molecule has 0 bridgehead atoms. The van der Waals surface area contributed by atoms with Gasteiger partial charge in [-0.3, -0.25) is 0 Å². The summed E-state index contributed by atoms with van der Waals surface area (Å²) in [7, 11) is 0. The lowest BCUT2D eigenvalue weighted by molar-refractivity contribution is 0.370. The number of aryl methyl sites for hydroxylation is 1. The number of hydrogen-bond acceptors (Lipinski definition) is 5. The molecule has 4 nitrogen and oxygen atoms in total. The molecule has 1 atom stereocenters. The van der Waals surface area contributed by atoms with E-state index in [4.69, 9.17) is 10.3 Å². The van der Waals surface area contributed by atoms with Crippen LogP contribution < -0.4 is 5.73 Å². The van der Waals surface area contributed by atoms with E-state index in [0.717, 1.165) is 24.6 Å². The van der Waals surface area contributed by atoms with Gasteiger partial charge in [0.15, 0.2) is 5.82 Å². The predicted molar refractivity (Wildman–Crippen MR) is 60.7 cm³/mol. The average molecular weight is 227 g/mol. The van der Waals surface area contributed by atoms with Crippen LogP contribution in [-0.4, -0.2) is 22.4 Å². The Morgan fingerprint density at radius 2 is 2.40 bits per heavy atom. The molecule has 2 rings (SSSR count). The molecule has 1 aromatic rings. The molecule has 2 N–H and O–H groups in total. The quantitative estimate of drug-likeness (QED) is 0.851. The Bertz CT molecular complexity index is 297. The van der Waals surface area contributed by atoms with Crippen molar-refractivity contribution in [3.8, 4) is 0 Å². The minimum atomic E-state index is 0.453. The first-order valence-corrected chi connectivity index (χ1v) is 6.59. The molecule has 0 radical (unpaired) electrons. The molecular weight excluding hydrogens is 210 g/mol. The molecule has 1 aliphatic rings. The van der Waals surface area contributed by atoms with Crippen molar-refractivity contribution in [1.29, 1.82) is 0 Å². The van der Waals surface area contributed by atoms with Gasteiger partial charge in [0.1, 0.15) is 0 Å². The van der Waals surface area contributed by atoms with Gasteiger partial charge < -0.3 is 10.3 Å². The molecule has 1 fully saturated rings. The Morgan fingerprint density at radius 3 is 3.13 bits per heavy atom. The van der Waals surface area contributed by atoms with Crippen molar-refractivity contribution in [2.24, 2.45) is 5.73 Å². The fraction of sp³-hybridized carbons (Fsp3) is 0.800. The van der Waals surface area contributed by atoms with E-state index in [2.05, 4.69) is 10.1 Å². The highest BCUT2D eigenvalue weighted by molar-refractivity contribution is 7.99. The predicted octanol–water partition coefficient (Wildman–Crippen LogP) is 1.92. The van der Waals surface area contributed by atoms with Crippen LogP contribution in [0.4, 0.5) is 0 Å². The van der Waals surface area contributed by atoms with Gasteiger partial charge in [-0.05, 0) is 31.6 Å². The highest BCUT2D eigenvalue weighted by atomic mass is 32.2. The van der Waals surface area contributed by atoms with Gasteiger partial charge in [-0.2, -0.15) is 16.7 Å². The molecule has 15 heavy (non-hydrogen) atoms. The Labute approximate surface area is 94.0 Å². The van der Waals surface area contributed by atoms with E-state index >= 15 is 0 Å². The number of hydrogen-bond donors (Lipinski definition) is 1. The summed E-state index contributed by atoms with van der Waals surface area (Å²) in [6, 6.07) is 0. The van der Waals surface area contributed by atoms with E-state index in [1.807, 2.05) is 11.8 Å². The van der Waals surface area contributed by atoms with Gasteiger partial charge in [-0.15, -0.1) is 0 Å². The van der Waals surface area contributed by atoms with Crippen LogP contribution in [0.3, 0.4) is 0 Å². The van der Waals surface area contributed by atoms with E-state index in [1.165, 1.54) is 25.0 Å². The molecule has 0 amide bonds. The number of rotatable bonds is 4. The van der Waals surface area contributed by atoms with Crippen molar-refractivity contribution in [3.63, 3.8) is 0 Å². The Morgan fingerprint density at radius 1 is 1.47 bits per heavy atom. The van der Waals surface area contributed by atoms with E-state index in [9.17, 15) is 0 Å². The smallest absolute Gasteiger partial charge is 0.226 e. The maximum Gasteiger partial charge on any atom is 0.226 e. The topological polar surface area (TPSA) is 64.9 Å². The van der Waals surface area contributed by atoms with Crippen LogP contribution >= 0.6 is 11.8 Å². The van der Waals surface area contributed by atoms with E-state index in [0.29, 0.717) is 11.8 Å². The Hall–Kier alpha value is -0.550. The first kappa shape index (κ1) is 11.0. The molecule has 0 saturated carbocycles. The maximum atomic E-state index is 5.43. The zero-order valence-electron chi connectivity index (χ0n) is 8.82. The van der Waals surface area contributed by atoms with Crippen LogP contribution in [0.5, 0.6) is 0 Å². The van der Waals surface area contributed by atoms with E-state index in [-0.39, 0.29) is 0 Å². The highest BCUT2D eigenvalue weighted by Crippen LogP contribution is 2.36. The second-order valence-corrected chi connectivity index (χ2v) is 5.10. The summed E-state index contributed by atoms with van der Waals surface area (Å²) < 4.78 is 5.19. The molecule has 0 aliphatic carbocycles. The summed E-state index contributed by atoms with van der Waals surface area (Å²) in [6.07, 6.45) is 5.50. The molecule has 1 aromatic heterocycles. The van der Waals surface area contributed by atoms with Crippen molar-refractivity contribution >= 4 is 11.8 Å². The first-order valence-electron chi connectivity index (χ1n) is 5.54. The molecule has 5 heteroatoms. The zero-order valence-corrected chi connectivity index (χ0v) is 9.63. The fourth-order valence-electron chi connectivity index (χ4n) is 1.70. The van der Waals surface area contributed by atoms with Crippen LogP contribution in [0, 0.1) is 0 Å². The average Bonchev–Trinajstić information content (AvgIpc) is 2.76. The van der Waals surface area contributed by atoms with Gasteiger partial charge in [0.2, 0.25) is 5.89 Å². The molecule has 1 unspecified atom stereocenters. The minimum absolute atomic E-state index is 0.453.